The normalized spacial score (nSPS) is 19.2. The molecular formula is C25H29F3N4O3. The predicted octanol–water partition coefficient (Wildman–Crippen LogP) is 4.68. The lowest BCUT2D eigenvalue weighted by Crippen LogP contribution is -2.31. The van der Waals surface area contributed by atoms with Gasteiger partial charge in [-0.15, -0.1) is 0 Å². The van der Waals surface area contributed by atoms with Crippen LogP contribution in [0.5, 0.6) is 0 Å². The van der Waals surface area contributed by atoms with Crippen molar-refractivity contribution in [1.29, 1.82) is 0 Å². The molecule has 35 heavy (non-hydrogen) atoms. The quantitative estimate of drug-likeness (QED) is 0.542. The summed E-state index contributed by atoms with van der Waals surface area (Å²) in [5, 5.41) is 25.7. The number of nitrogens with zero attached hydrogens (tertiary/aromatic N) is 4. The molecule has 1 aliphatic carbocycles. The number of aromatic nitrogens is 3. The van der Waals surface area contributed by atoms with E-state index in [9.17, 15) is 28.2 Å². The van der Waals surface area contributed by atoms with Crippen LogP contribution in [0.15, 0.2) is 36.5 Å². The number of pyridine rings is 1. The van der Waals surface area contributed by atoms with Gasteiger partial charge in [-0.3, -0.25) is 9.48 Å². The second-order valence-electron chi connectivity index (χ2n) is 9.72. The van der Waals surface area contributed by atoms with Crippen molar-refractivity contribution in [3.63, 3.8) is 0 Å². The molecule has 1 amide bonds. The van der Waals surface area contributed by atoms with Crippen molar-refractivity contribution in [3.05, 3.63) is 53.5 Å². The molecule has 1 fully saturated rings. The Morgan fingerprint density at radius 2 is 1.86 bits per heavy atom. The topological polar surface area (TPSA) is 91.5 Å². The van der Waals surface area contributed by atoms with Gasteiger partial charge in [-0.1, -0.05) is 6.07 Å². The summed E-state index contributed by atoms with van der Waals surface area (Å²) in [6, 6.07) is 6.81. The number of carbonyl (C=O) groups is 1. The third-order valence-corrected chi connectivity index (χ3v) is 6.67. The van der Waals surface area contributed by atoms with E-state index in [1.807, 2.05) is 10.9 Å². The van der Waals surface area contributed by atoms with Gasteiger partial charge in [0.15, 0.2) is 0 Å². The van der Waals surface area contributed by atoms with E-state index in [1.165, 1.54) is 18.0 Å². The van der Waals surface area contributed by atoms with E-state index in [-0.39, 0.29) is 18.3 Å². The molecule has 2 heterocycles. The SMILES string of the molecule is CN(C(=O)c1cccc(C(F)(F)F)n1)c1cc2cn([C@H]3CC[C@H](CO)CC3)nc2cc1C(C)(C)O. The number of alkyl halides is 3. The molecule has 188 valence electrons. The summed E-state index contributed by atoms with van der Waals surface area (Å²) in [4.78, 5) is 17.8. The van der Waals surface area contributed by atoms with Crippen molar-refractivity contribution < 1.29 is 28.2 Å². The van der Waals surface area contributed by atoms with Crippen LogP contribution in [0.3, 0.4) is 0 Å². The van der Waals surface area contributed by atoms with Gasteiger partial charge in [-0.25, -0.2) is 4.98 Å². The Labute approximate surface area is 201 Å². The summed E-state index contributed by atoms with van der Waals surface area (Å²) in [5.41, 5.74) is -1.41. The first-order chi connectivity index (χ1) is 16.4. The molecule has 0 unspecified atom stereocenters. The average Bonchev–Trinajstić information content (AvgIpc) is 3.24. The third kappa shape index (κ3) is 5.18. The van der Waals surface area contributed by atoms with Crippen molar-refractivity contribution in [2.75, 3.05) is 18.6 Å². The van der Waals surface area contributed by atoms with Crippen LogP contribution < -0.4 is 4.90 Å². The van der Waals surface area contributed by atoms with Crippen molar-refractivity contribution in [3.8, 4) is 0 Å². The third-order valence-electron chi connectivity index (χ3n) is 6.67. The molecule has 1 saturated carbocycles. The Bertz CT molecular complexity index is 1220. The Morgan fingerprint density at radius 3 is 2.46 bits per heavy atom. The number of fused-ring (bicyclic) bond motifs is 1. The van der Waals surface area contributed by atoms with Gasteiger partial charge in [-0.2, -0.15) is 18.3 Å². The largest absolute Gasteiger partial charge is 0.433 e. The van der Waals surface area contributed by atoms with E-state index in [2.05, 4.69) is 4.98 Å². The number of amides is 1. The minimum Gasteiger partial charge on any atom is -0.396 e. The highest BCUT2D eigenvalue weighted by molar-refractivity contribution is 6.06. The molecule has 0 aliphatic heterocycles. The second-order valence-corrected chi connectivity index (χ2v) is 9.72. The van der Waals surface area contributed by atoms with Gasteiger partial charge in [0, 0.05) is 30.8 Å². The Kier molecular flexibility index (Phi) is 6.63. The van der Waals surface area contributed by atoms with E-state index in [0.29, 0.717) is 22.7 Å². The molecule has 2 aromatic heterocycles. The lowest BCUT2D eigenvalue weighted by molar-refractivity contribution is -0.141. The minimum absolute atomic E-state index is 0.188. The van der Waals surface area contributed by atoms with E-state index < -0.39 is 23.4 Å². The Hall–Kier alpha value is -2.98. The lowest BCUT2D eigenvalue weighted by atomic mass is 9.87. The van der Waals surface area contributed by atoms with Crippen LogP contribution in [-0.2, 0) is 11.8 Å². The molecule has 3 aromatic rings. The summed E-state index contributed by atoms with van der Waals surface area (Å²) in [7, 11) is 1.45. The number of halogens is 3. The number of rotatable bonds is 5. The molecule has 0 atom stereocenters. The van der Waals surface area contributed by atoms with E-state index in [0.717, 1.165) is 43.2 Å². The van der Waals surface area contributed by atoms with Gasteiger partial charge >= 0.3 is 6.18 Å². The van der Waals surface area contributed by atoms with Crippen molar-refractivity contribution in [2.45, 2.75) is 57.3 Å². The zero-order valence-corrected chi connectivity index (χ0v) is 19.9. The molecule has 10 heteroatoms. The first kappa shape index (κ1) is 25.1. The van der Waals surface area contributed by atoms with Crippen LogP contribution in [0.25, 0.3) is 10.9 Å². The van der Waals surface area contributed by atoms with Crippen molar-refractivity contribution in [2.24, 2.45) is 5.92 Å². The fraction of sp³-hybridized carbons (Fsp3) is 0.480. The van der Waals surface area contributed by atoms with Gasteiger partial charge in [0.05, 0.1) is 22.8 Å². The molecule has 2 N–H and O–H groups in total. The molecule has 0 saturated heterocycles. The molecule has 0 radical (unpaired) electrons. The molecule has 0 bridgehead atoms. The maximum atomic E-state index is 13.1. The highest BCUT2D eigenvalue weighted by Gasteiger charge is 2.34. The molecule has 1 aromatic carbocycles. The molecule has 7 nitrogen and oxygen atoms in total. The van der Waals surface area contributed by atoms with Gasteiger partial charge in [-0.05, 0) is 69.7 Å². The maximum absolute atomic E-state index is 13.1. The van der Waals surface area contributed by atoms with E-state index in [4.69, 9.17) is 5.10 Å². The monoisotopic (exact) mass is 490 g/mol. The summed E-state index contributed by atoms with van der Waals surface area (Å²) in [6.07, 6.45) is 0.834. The summed E-state index contributed by atoms with van der Waals surface area (Å²) < 4.78 is 41.2. The number of carbonyl (C=O) groups excluding carboxylic acids is 1. The van der Waals surface area contributed by atoms with Crippen LogP contribution in [0, 0.1) is 5.92 Å². The fourth-order valence-corrected chi connectivity index (χ4v) is 4.62. The van der Waals surface area contributed by atoms with Crippen LogP contribution in [0.4, 0.5) is 18.9 Å². The first-order valence-corrected chi connectivity index (χ1v) is 11.6. The van der Waals surface area contributed by atoms with Crippen LogP contribution in [0.2, 0.25) is 0 Å². The van der Waals surface area contributed by atoms with E-state index in [1.54, 1.807) is 26.0 Å². The molecular weight excluding hydrogens is 461 g/mol. The molecule has 1 aliphatic rings. The Balaban J connectivity index is 1.71. The van der Waals surface area contributed by atoms with Gasteiger partial charge < -0.3 is 15.1 Å². The molecule has 4 rings (SSSR count). The zero-order chi connectivity index (χ0) is 25.5. The summed E-state index contributed by atoms with van der Waals surface area (Å²) >= 11 is 0. The van der Waals surface area contributed by atoms with Crippen molar-refractivity contribution >= 4 is 22.5 Å². The number of benzene rings is 1. The van der Waals surface area contributed by atoms with Gasteiger partial charge in [0.2, 0.25) is 0 Å². The van der Waals surface area contributed by atoms with Crippen LogP contribution >= 0.6 is 0 Å². The highest BCUT2D eigenvalue weighted by Crippen LogP contribution is 2.37. The van der Waals surface area contributed by atoms with Gasteiger partial charge in [0.25, 0.3) is 5.91 Å². The predicted molar refractivity (Wildman–Crippen MR) is 125 cm³/mol. The van der Waals surface area contributed by atoms with E-state index >= 15 is 0 Å². The second kappa shape index (κ2) is 9.23. The molecule has 0 spiro atoms. The minimum atomic E-state index is -4.67. The lowest BCUT2D eigenvalue weighted by Gasteiger charge is -2.27. The number of aliphatic hydroxyl groups excluding tert-OH is 1. The number of anilines is 1. The fourth-order valence-electron chi connectivity index (χ4n) is 4.62. The summed E-state index contributed by atoms with van der Waals surface area (Å²) in [5.74, 6) is -0.413. The average molecular weight is 491 g/mol. The highest BCUT2D eigenvalue weighted by atomic mass is 19.4. The van der Waals surface area contributed by atoms with Crippen LogP contribution in [0.1, 0.15) is 67.3 Å². The smallest absolute Gasteiger partial charge is 0.396 e. The van der Waals surface area contributed by atoms with Crippen LogP contribution in [-0.4, -0.2) is 44.5 Å². The first-order valence-electron chi connectivity index (χ1n) is 11.6. The zero-order valence-electron chi connectivity index (χ0n) is 19.9. The Morgan fingerprint density at radius 1 is 1.17 bits per heavy atom. The number of aliphatic hydroxyl groups is 2. The maximum Gasteiger partial charge on any atom is 0.433 e. The number of hydrogen-bond acceptors (Lipinski definition) is 5. The van der Waals surface area contributed by atoms with Crippen molar-refractivity contribution in [1.82, 2.24) is 14.8 Å². The number of hydrogen-bond donors (Lipinski definition) is 2. The van der Waals surface area contributed by atoms with Gasteiger partial charge in [0.1, 0.15) is 11.4 Å². The summed E-state index contributed by atoms with van der Waals surface area (Å²) in [6.45, 7) is 3.34. The standard InChI is InChI=1S/C25H29F3N4O3/c1-24(2,35)18-12-20-16(13-32(30-20)17-9-7-15(14-33)8-10-17)11-21(18)31(3)23(34)19-5-4-6-22(29-19)25(26,27)28/h4-6,11-13,15,17,33,35H,7-10,14H2,1-3H3/t15-,17-.